The molecule has 9 heavy (non-hydrogen) atoms. The van der Waals surface area contributed by atoms with Crippen LogP contribution in [0.1, 0.15) is 20.3 Å². The number of carboxylic acid groups (broad SMARTS) is 1. The van der Waals surface area contributed by atoms with E-state index in [1.54, 1.807) is 6.92 Å². The molecule has 1 unspecified atom stereocenters. The first-order valence-corrected chi connectivity index (χ1v) is 4.38. The second kappa shape index (κ2) is 3.39. The number of aliphatic carboxylic acids is 1. The van der Waals surface area contributed by atoms with Crippen molar-refractivity contribution in [2.24, 2.45) is 5.41 Å². The minimum atomic E-state index is -0.695. The van der Waals surface area contributed by atoms with Crippen molar-refractivity contribution in [3.63, 3.8) is 0 Å². The summed E-state index contributed by atoms with van der Waals surface area (Å²) in [5.74, 6) is -0.695. The third-order valence-electron chi connectivity index (χ3n) is 1.59. The highest BCUT2D eigenvalue weighted by Crippen LogP contribution is 2.23. The molecule has 54 valence electrons. The van der Waals surface area contributed by atoms with Crippen molar-refractivity contribution in [3.8, 4) is 0 Å². The van der Waals surface area contributed by atoms with Crippen molar-refractivity contribution in [1.82, 2.24) is 0 Å². The van der Waals surface area contributed by atoms with Gasteiger partial charge in [-0.3, -0.25) is 4.79 Å². The van der Waals surface area contributed by atoms with Gasteiger partial charge in [0.2, 0.25) is 0 Å². The highest BCUT2D eigenvalue weighted by atomic mass is 127. The highest BCUT2D eigenvalue weighted by molar-refractivity contribution is 14.1. The van der Waals surface area contributed by atoms with Crippen LogP contribution in [0.4, 0.5) is 0 Å². The van der Waals surface area contributed by atoms with Crippen LogP contribution in [0.2, 0.25) is 0 Å². The first-order valence-electron chi connectivity index (χ1n) is 2.86. The third kappa shape index (κ3) is 2.12. The summed E-state index contributed by atoms with van der Waals surface area (Å²) in [5, 5.41) is 8.63. The van der Waals surface area contributed by atoms with Crippen LogP contribution < -0.4 is 0 Å². The van der Waals surface area contributed by atoms with Crippen LogP contribution in [0, 0.1) is 5.41 Å². The Hall–Kier alpha value is 0.200. The Morgan fingerprint density at radius 1 is 1.78 bits per heavy atom. The molecular weight excluding hydrogens is 231 g/mol. The molecule has 0 saturated heterocycles. The van der Waals surface area contributed by atoms with E-state index in [0.717, 1.165) is 0 Å². The fourth-order valence-electron chi connectivity index (χ4n) is 0.303. The summed E-state index contributed by atoms with van der Waals surface area (Å²) >= 11 is 2.10. The maximum atomic E-state index is 10.5. The van der Waals surface area contributed by atoms with E-state index in [9.17, 15) is 4.79 Å². The third-order valence-corrected chi connectivity index (χ3v) is 3.28. The fraction of sp³-hybridized carbons (Fsp3) is 0.833. The molecule has 0 radical (unpaired) electrons. The number of rotatable bonds is 3. The van der Waals surface area contributed by atoms with Gasteiger partial charge in [0, 0.05) is 4.43 Å². The minimum Gasteiger partial charge on any atom is -0.481 e. The molecule has 1 atom stereocenters. The fourth-order valence-corrected chi connectivity index (χ4v) is 1.17. The van der Waals surface area contributed by atoms with Crippen LogP contribution in [0.3, 0.4) is 0 Å². The maximum absolute atomic E-state index is 10.5. The Morgan fingerprint density at radius 3 is 2.22 bits per heavy atom. The molecule has 0 amide bonds. The number of carbonyl (C=O) groups is 1. The lowest BCUT2D eigenvalue weighted by atomic mass is 9.91. The molecule has 2 nitrogen and oxygen atoms in total. The Labute approximate surface area is 68.8 Å². The van der Waals surface area contributed by atoms with Crippen molar-refractivity contribution in [2.75, 3.05) is 4.43 Å². The van der Waals surface area contributed by atoms with Crippen LogP contribution >= 0.6 is 22.6 Å². The van der Waals surface area contributed by atoms with E-state index in [1.807, 2.05) is 6.92 Å². The molecule has 0 fully saturated rings. The number of halogens is 1. The Bertz CT molecular complexity index is 108. The summed E-state index contributed by atoms with van der Waals surface area (Å²) in [4.78, 5) is 10.5. The SMILES string of the molecule is CCC(C)(CI)C(=O)O. The Kier molecular flexibility index (Phi) is 3.46. The lowest BCUT2D eigenvalue weighted by molar-refractivity contribution is -0.146. The molecule has 0 bridgehead atoms. The van der Waals surface area contributed by atoms with E-state index in [1.165, 1.54) is 0 Å². The zero-order chi connectivity index (χ0) is 7.49. The largest absolute Gasteiger partial charge is 0.481 e. The van der Waals surface area contributed by atoms with Gasteiger partial charge in [0.1, 0.15) is 0 Å². The number of carboxylic acids is 1. The van der Waals surface area contributed by atoms with Crippen LogP contribution in [0.25, 0.3) is 0 Å². The monoisotopic (exact) mass is 242 g/mol. The normalized spacial score (nSPS) is 16.8. The molecule has 0 aliphatic heterocycles. The van der Waals surface area contributed by atoms with Gasteiger partial charge in [0.05, 0.1) is 5.41 Å². The summed E-state index contributed by atoms with van der Waals surface area (Å²) in [7, 11) is 0. The molecule has 3 heteroatoms. The molecule has 0 aliphatic rings. The molecule has 0 aromatic rings. The average Bonchev–Trinajstić information content (AvgIpc) is 1.86. The molecule has 0 aromatic carbocycles. The molecule has 0 heterocycles. The molecule has 1 N–H and O–H groups in total. The van der Waals surface area contributed by atoms with Crippen molar-refractivity contribution in [3.05, 3.63) is 0 Å². The van der Waals surface area contributed by atoms with Gasteiger partial charge in [-0.25, -0.2) is 0 Å². The summed E-state index contributed by atoms with van der Waals surface area (Å²) in [6.45, 7) is 3.66. The van der Waals surface area contributed by atoms with Crippen LogP contribution in [0.5, 0.6) is 0 Å². The van der Waals surface area contributed by atoms with Crippen molar-refractivity contribution >= 4 is 28.6 Å². The number of hydrogen-bond donors (Lipinski definition) is 1. The van der Waals surface area contributed by atoms with Gasteiger partial charge < -0.3 is 5.11 Å². The standard InChI is InChI=1S/C6H11IO2/c1-3-6(2,4-7)5(8)9/h3-4H2,1-2H3,(H,8,9). The first-order chi connectivity index (χ1) is 4.06. The second-order valence-corrected chi connectivity index (χ2v) is 3.12. The van der Waals surface area contributed by atoms with Crippen molar-refractivity contribution in [1.29, 1.82) is 0 Å². The summed E-state index contributed by atoms with van der Waals surface area (Å²) in [5.41, 5.74) is -0.513. The van der Waals surface area contributed by atoms with Crippen LogP contribution in [-0.4, -0.2) is 15.5 Å². The predicted molar refractivity (Wildman–Crippen MR) is 44.9 cm³/mol. The van der Waals surface area contributed by atoms with Gasteiger partial charge in [-0.1, -0.05) is 29.5 Å². The smallest absolute Gasteiger partial charge is 0.310 e. The van der Waals surface area contributed by atoms with E-state index in [4.69, 9.17) is 5.11 Å². The zero-order valence-electron chi connectivity index (χ0n) is 5.65. The average molecular weight is 242 g/mol. The molecule has 0 rings (SSSR count). The van der Waals surface area contributed by atoms with E-state index >= 15 is 0 Å². The molecule has 0 aromatic heterocycles. The van der Waals surface area contributed by atoms with Gasteiger partial charge in [-0.15, -0.1) is 0 Å². The molecule has 0 saturated carbocycles. The predicted octanol–water partition coefficient (Wildman–Crippen LogP) is 1.92. The van der Waals surface area contributed by atoms with Gasteiger partial charge in [0.15, 0.2) is 0 Å². The number of hydrogen-bond acceptors (Lipinski definition) is 1. The number of alkyl halides is 1. The van der Waals surface area contributed by atoms with E-state index in [0.29, 0.717) is 10.8 Å². The first kappa shape index (κ1) is 9.20. The van der Waals surface area contributed by atoms with Crippen molar-refractivity contribution < 1.29 is 9.90 Å². The quantitative estimate of drug-likeness (QED) is 0.606. The highest BCUT2D eigenvalue weighted by Gasteiger charge is 2.28. The summed E-state index contributed by atoms with van der Waals surface area (Å²) in [6, 6.07) is 0. The Balaban J connectivity index is 4.09. The Morgan fingerprint density at radius 2 is 2.22 bits per heavy atom. The lowest BCUT2D eigenvalue weighted by Gasteiger charge is -2.18. The van der Waals surface area contributed by atoms with E-state index in [2.05, 4.69) is 22.6 Å². The summed E-state index contributed by atoms with van der Waals surface area (Å²) in [6.07, 6.45) is 0.700. The van der Waals surface area contributed by atoms with Crippen LogP contribution in [0.15, 0.2) is 0 Å². The zero-order valence-corrected chi connectivity index (χ0v) is 7.81. The lowest BCUT2D eigenvalue weighted by Crippen LogP contribution is -2.27. The van der Waals surface area contributed by atoms with Crippen LogP contribution in [-0.2, 0) is 4.79 Å². The molecule has 0 spiro atoms. The minimum absolute atomic E-state index is 0.513. The van der Waals surface area contributed by atoms with Gasteiger partial charge in [-0.05, 0) is 13.3 Å². The molecular formula is C6H11IO2. The van der Waals surface area contributed by atoms with Gasteiger partial charge in [-0.2, -0.15) is 0 Å². The molecule has 0 aliphatic carbocycles. The summed E-state index contributed by atoms with van der Waals surface area (Å²) < 4.78 is 0.677. The van der Waals surface area contributed by atoms with Gasteiger partial charge in [0.25, 0.3) is 0 Å². The van der Waals surface area contributed by atoms with Gasteiger partial charge >= 0.3 is 5.97 Å². The maximum Gasteiger partial charge on any atom is 0.310 e. The second-order valence-electron chi connectivity index (χ2n) is 2.35. The van der Waals surface area contributed by atoms with E-state index in [-0.39, 0.29) is 0 Å². The van der Waals surface area contributed by atoms with E-state index < -0.39 is 11.4 Å². The topological polar surface area (TPSA) is 37.3 Å². The van der Waals surface area contributed by atoms with Crippen molar-refractivity contribution in [2.45, 2.75) is 20.3 Å².